The molecule has 0 aromatic heterocycles. The Bertz CT molecular complexity index is 917. The maximum Gasteiger partial charge on any atom is 0.326 e. The van der Waals surface area contributed by atoms with Crippen molar-refractivity contribution in [2.45, 2.75) is 49.9 Å². The maximum absolute atomic E-state index is 13.0. The maximum atomic E-state index is 13.0. The topological polar surface area (TPSA) is 200 Å². The Labute approximate surface area is 213 Å². The molecule has 0 spiro atoms. The minimum Gasteiger partial charge on any atom is -0.480 e. The van der Waals surface area contributed by atoms with Gasteiger partial charge in [0.25, 0.3) is 0 Å². The van der Waals surface area contributed by atoms with Crippen LogP contribution in [0.3, 0.4) is 0 Å². The highest BCUT2D eigenvalue weighted by Crippen LogP contribution is 2.09. The predicted octanol–water partition coefficient (Wildman–Crippen LogP) is -1.88. The molecule has 198 valence electrons. The molecule has 1 aromatic carbocycles. The number of thioether (sulfide) groups is 1. The number of benzene rings is 1. The SMILES string of the molecule is NCCCC[C@@H]1NC(=O)[C@H](CO)NC(=O)CSC[C@@H](C(=O)N[C@@H](Cc2ccccc2)C(=O)O)NC1=O. The predicted molar refractivity (Wildman–Crippen MR) is 133 cm³/mol. The molecule has 1 saturated heterocycles. The molecule has 0 saturated carbocycles. The van der Waals surface area contributed by atoms with Gasteiger partial charge in [0.1, 0.15) is 24.2 Å². The highest BCUT2D eigenvalue weighted by molar-refractivity contribution is 8.00. The van der Waals surface area contributed by atoms with Gasteiger partial charge in [-0.1, -0.05) is 30.3 Å². The number of nitrogens with two attached hydrogens (primary N) is 1. The fourth-order valence-electron chi connectivity index (χ4n) is 3.51. The van der Waals surface area contributed by atoms with Crippen LogP contribution in [0.4, 0.5) is 0 Å². The lowest BCUT2D eigenvalue weighted by Gasteiger charge is -2.26. The second-order valence-corrected chi connectivity index (χ2v) is 9.34. The van der Waals surface area contributed by atoms with E-state index in [0.29, 0.717) is 24.9 Å². The third-order valence-corrected chi connectivity index (χ3v) is 6.50. The highest BCUT2D eigenvalue weighted by Gasteiger charge is 2.32. The Morgan fingerprint density at radius 1 is 1.06 bits per heavy atom. The number of aliphatic hydroxyl groups excluding tert-OH is 1. The average Bonchev–Trinajstić information content (AvgIpc) is 2.85. The third kappa shape index (κ3) is 9.47. The van der Waals surface area contributed by atoms with Crippen LogP contribution < -0.4 is 27.0 Å². The van der Waals surface area contributed by atoms with Gasteiger partial charge in [0, 0.05) is 12.2 Å². The average molecular weight is 524 g/mol. The van der Waals surface area contributed by atoms with Gasteiger partial charge < -0.3 is 37.2 Å². The number of hydrogen-bond donors (Lipinski definition) is 7. The number of aliphatic hydroxyl groups is 1. The number of hydrogen-bond acceptors (Lipinski definition) is 8. The van der Waals surface area contributed by atoms with E-state index in [0.717, 1.165) is 11.8 Å². The Hall–Kier alpha value is -3.16. The van der Waals surface area contributed by atoms with Crippen LogP contribution in [0.15, 0.2) is 30.3 Å². The zero-order valence-electron chi connectivity index (χ0n) is 19.8. The summed E-state index contributed by atoms with van der Waals surface area (Å²) < 4.78 is 0. The number of rotatable bonds is 10. The number of unbranched alkanes of at least 4 members (excludes halogenated alkanes) is 1. The van der Waals surface area contributed by atoms with Crippen molar-refractivity contribution in [3.05, 3.63) is 35.9 Å². The van der Waals surface area contributed by atoms with Gasteiger partial charge >= 0.3 is 5.97 Å². The quantitative estimate of drug-likeness (QED) is 0.171. The molecule has 2 rings (SSSR count). The number of amides is 4. The summed E-state index contributed by atoms with van der Waals surface area (Å²) in [5.74, 6) is -4.03. The second-order valence-electron chi connectivity index (χ2n) is 8.31. The summed E-state index contributed by atoms with van der Waals surface area (Å²) in [4.78, 5) is 62.6. The van der Waals surface area contributed by atoms with E-state index < -0.39 is 60.4 Å². The van der Waals surface area contributed by atoms with E-state index in [1.165, 1.54) is 0 Å². The van der Waals surface area contributed by atoms with Crippen molar-refractivity contribution in [1.82, 2.24) is 21.3 Å². The Kier molecular flexibility index (Phi) is 12.2. The first kappa shape index (κ1) is 29.1. The molecule has 1 aliphatic rings. The molecular formula is C23H33N5O7S. The summed E-state index contributed by atoms with van der Waals surface area (Å²) >= 11 is 1.03. The fraction of sp³-hybridized carbons (Fsp3) is 0.522. The third-order valence-electron chi connectivity index (χ3n) is 5.46. The van der Waals surface area contributed by atoms with Gasteiger partial charge in [0.15, 0.2) is 0 Å². The number of nitrogens with one attached hydrogen (secondary N) is 4. The van der Waals surface area contributed by atoms with Gasteiger partial charge in [-0.2, -0.15) is 0 Å². The minimum absolute atomic E-state index is 0.0179. The summed E-state index contributed by atoms with van der Waals surface area (Å²) in [5, 5.41) is 29.1. The second kappa shape index (κ2) is 15.1. The summed E-state index contributed by atoms with van der Waals surface area (Å²) in [6, 6.07) is 4.11. The van der Waals surface area contributed by atoms with Crippen molar-refractivity contribution in [1.29, 1.82) is 0 Å². The van der Waals surface area contributed by atoms with Gasteiger partial charge in [0.05, 0.1) is 12.4 Å². The number of carbonyl (C=O) groups is 5. The number of aliphatic carboxylic acids is 1. The first-order valence-electron chi connectivity index (χ1n) is 11.6. The van der Waals surface area contributed by atoms with E-state index in [1.807, 2.05) is 0 Å². The molecule has 8 N–H and O–H groups in total. The van der Waals surface area contributed by atoms with E-state index in [4.69, 9.17) is 5.73 Å². The fourth-order valence-corrected chi connectivity index (χ4v) is 4.37. The Balaban J connectivity index is 2.20. The number of carbonyl (C=O) groups excluding carboxylic acids is 4. The summed E-state index contributed by atoms with van der Waals surface area (Å²) in [6.07, 6.45) is 1.36. The number of carboxylic acid groups (broad SMARTS) is 1. The minimum atomic E-state index is -1.24. The molecule has 0 aliphatic carbocycles. The summed E-state index contributed by atoms with van der Waals surface area (Å²) in [6.45, 7) is -0.264. The van der Waals surface area contributed by atoms with Crippen molar-refractivity contribution < 1.29 is 34.2 Å². The van der Waals surface area contributed by atoms with Crippen molar-refractivity contribution in [2.24, 2.45) is 5.73 Å². The smallest absolute Gasteiger partial charge is 0.326 e. The zero-order chi connectivity index (χ0) is 26.5. The van der Waals surface area contributed by atoms with Crippen LogP contribution in [-0.2, 0) is 30.4 Å². The molecular weight excluding hydrogens is 490 g/mol. The monoisotopic (exact) mass is 523 g/mol. The molecule has 1 heterocycles. The van der Waals surface area contributed by atoms with Crippen molar-refractivity contribution in [3.8, 4) is 0 Å². The first-order valence-corrected chi connectivity index (χ1v) is 12.8. The molecule has 1 fully saturated rings. The molecule has 36 heavy (non-hydrogen) atoms. The summed E-state index contributed by atoms with van der Waals surface area (Å²) in [5.41, 5.74) is 6.23. The number of carboxylic acids is 1. The molecule has 0 unspecified atom stereocenters. The van der Waals surface area contributed by atoms with E-state index >= 15 is 0 Å². The molecule has 4 amide bonds. The Morgan fingerprint density at radius 2 is 1.75 bits per heavy atom. The largest absolute Gasteiger partial charge is 0.480 e. The van der Waals surface area contributed by atoms with Crippen LogP contribution in [0.5, 0.6) is 0 Å². The molecule has 12 nitrogen and oxygen atoms in total. The highest BCUT2D eigenvalue weighted by atomic mass is 32.2. The van der Waals surface area contributed by atoms with Crippen LogP contribution in [0.2, 0.25) is 0 Å². The normalized spacial score (nSPS) is 22.2. The van der Waals surface area contributed by atoms with Gasteiger partial charge in [-0.3, -0.25) is 19.2 Å². The molecule has 0 bridgehead atoms. The van der Waals surface area contributed by atoms with Crippen LogP contribution in [0.1, 0.15) is 24.8 Å². The lowest BCUT2D eigenvalue weighted by Crippen LogP contribution is -2.59. The van der Waals surface area contributed by atoms with Crippen molar-refractivity contribution >= 4 is 41.4 Å². The van der Waals surface area contributed by atoms with Gasteiger partial charge in [-0.05, 0) is 31.4 Å². The lowest BCUT2D eigenvalue weighted by molar-refractivity contribution is -0.142. The molecule has 13 heteroatoms. The Morgan fingerprint density at radius 3 is 2.39 bits per heavy atom. The standard InChI is InChI=1S/C23H33N5O7S/c24-9-5-4-8-15-20(31)28-18(12-36-13-19(30)25-17(11-29)21(32)26-15)22(33)27-16(23(34)35)10-14-6-2-1-3-7-14/h1-3,6-7,15-18,29H,4-5,8-13,24H2,(H,25,30)(H,26,32)(H,27,33)(H,28,31)(H,34,35)/t15-,16-,17-,18-/m0/s1. The molecule has 1 aliphatic heterocycles. The molecule has 4 atom stereocenters. The van der Waals surface area contributed by atoms with Crippen LogP contribution in [-0.4, -0.2) is 88.6 Å². The van der Waals surface area contributed by atoms with Crippen LogP contribution >= 0.6 is 11.8 Å². The van der Waals surface area contributed by atoms with E-state index in [2.05, 4.69) is 21.3 Å². The van der Waals surface area contributed by atoms with E-state index in [9.17, 15) is 34.2 Å². The van der Waals surface area contributed by atoms with E-state index in [1.54, 1.807) is 30.3 Å². The van der Waals surface area contributed by atoms with Gasteiger partial charge in [0.2, 0.25) is 23.6 Å². The molecule has 0 radical (unpaired) electrons. The van der Waals surface area contributed by atoms with Gasteiger partial charge in [-0.25, -0.2) is 4.79 Å². The lowest BCUT2D eigenvalue weighted by atomic mass is 10.1. The molecule has 1 aromatic rings. The van der Waals surface area contributed by atoms with Crippen LogP contribution in [0, 0.1) is 0 Å². The zero-order valence-corrected chi connectivity index (χ0v) is 20.6. The van der Waals surface area contributed by atoms with Crippen molar-refractivity contribution in [2.75, 3.05) is 24.7 Å². The first-order chi connectivity index (χ1) is 17.2. The van der Waals surface area contributed by atoms with Crippen molar-refractivity contribution in [3.63, 3.8) is 0 Å². The van der Waals surface area contributed by atoms with E-state index in [-0.39, 0.29) is 24.3 Å². The van der Waals surface area contributed by atoms with Gasteiger partial charge in [-0.15, -0.1) is 11.8 Å². The summed E-state index contributed by atoms with van der Waals surface area (Å²) in [7, 11) is 0. The van der Waals surface area contributed by atoms with Crippen LogP contribution in [0.25, 0.3) is 0 Å².